The number of aromatic amines is 1. The average molecular weight is 300 g/mol. The van der Waals surface area contributed by atoms with E-state index >= 15 is 0 Å². The minimum absolute atomic E-state index is 0.0220. The first-order valence-electron chi connectivity index (χ1n) is 7.62. The molecule has 22 heavy (non-hydrogen) atoms. The number of piperidine rings is 1. The van der Waals surface area contributed by atoms with Gasteiger partial charge in [-0.25, -0.2) is 5.10 Å². The number of carbonyl (C=O) groups is 1. The van der Waals surface area contributed by atoms with Gasteiger partial charge in [-0.15, -0.1) is 0 Å². The number of nitrogens with one attached hydrogen (secondary N) is 1. The Balaban J connectivity index is 2.05. The van der Waals surface area contributed by atoms with E-state index in [-0.39, 0.29) is 17.5 Å². The number of carbonyl (C=O) groups excluding carboxylic acids is 1. The van der Waals surface area contributed by atoms with Crippen molar-refractivity contribution in [2.75, 3.05) is 13.1 Å². The molecule has 1 aromatic heterocycles. The summed E-state index contributed by atoms with van der Waals surface area (Å²) in [6.45, 7) is 3.24. The number of amides is 1. The van der Waals surface area contributed by atoms with Gasteiger partial charge in [-0.1, -0.05) is 25.1 Å². The van der Waals surface area contributed by atoms with Crippen LogP contribution >= 0.6 is 0 Å². The highest BCUT2D eigenvalue weighted by atomic mass is 16.2. The Labute approximate surface area is 128 Å². The van der Waals surface area contributed by atoms with Gasteiger partial charge in [0.05, 0.1) is 5.39 Å². The summed E-state index contributed by atoms with van der Waals surface area (Å²) in [5.41, 5.74) is 5.88. The van der Waals surface area contributed by atoms with Gasteiger partial charge in [0.1, 0.15) is 0 Å². The van der Waals surface area contributed by atoms with Gasteiger partial charge in [0, 0.05) is 24.5 Å². The van der Waals surface area contributed by atoms with Crippen LogP contribution in [0.15, 0.2) is 29.1 Å². The normalized spacial score (nSPS) is 22.0. The molecule has 1 aliphatic rings. The number of likely N-dealkylation sites (tertiary alicyclic amines) is 1. The van der Waals surface area contributed by atoms with Crippen LogP contribution in [0.5, 0.6) is 0 Å². The van der Waals surface area contributed by atoms with Crippen molar-refractivity contribution in [1.82, 2.24) is 15.1 Å². The molecule has 1 fully saturated rings. The maximum atomic E-state index is 12.9. The van der Waals surface area contributed by atoms with E-state index in [2.05, 4.69) is 17.1 Å². The molecular weight excluding hydrogens is 280 g/mol. The summed E-state index contributed by atoms with van der Waals surface area (Å²) in [5, 5.41) is 7.50. The lowest BCUT2D eigenvalue weighted by Crippen LogP contribution is -2.51. The molecule has 0 bridgehead atoms. The van der Waals surface area contributed by atoms with Crippen LogP contribution in [-0.4, -0.2) is 40.1 Å². The first-order chi connectivity index (χ1) is 10.6. The zero-order chi connectivity index (χ0) is 15.7. The van der Waals surface area contributed by atoms with E-state index in [4.69, 9.17) is 5.73 Å². The predicted molar refractivity (Wildman–Crippen MR) is 84.6 cm³/mol. The Bertz CT molecular complexity index is 755. The van der Waals surface area contributed by atoms with Crippen LogP contribution < -0.4 is 11.3 Å². The second-order valence-corrected chi connectivity index (χ2v) is 5.87. The van der Waals surface area contributed by atoms with Crippen LogP contribution in [0.4, 0.5) is 0 Å². The molecule has 2 heterocycles. The van der Waals surface area contributed by atoms with Gasteiger partial charge in [0.15, 0.2) is 5.69 Å². The number of H-pyrrole nitrogens is 1. The van der Waals surface area contributed by atoms with Crippen molar-refractivity contribution in [3.8, 4) is 0 Å². The van der Waals surface area contributed by atoms with E-state index in [1.54, 1.807) is 29.2 Å². The second-order valence-electron chi connectivity index (χ2n) is 5.87. The highest BCUT2D eigenvalue weighted by Gasteiger charge is 2.32. The zero-order valence-electron chi connectivity index (χ0n) is 12.6. The van der Waals surface area contributed by atoms with Gasteiger partial charge in [-0.05, 0) is 24.8 Å². The molecule has 2 aromatic rings. The molecule has 116 valence electrons. The molecule has 3 N–H and O–H groups in total. The predicted octanol–water partition coefficient (Wildman–Crippen LogP) is 1.12. The standard InChI is InChI=1S/C16H20N4O2/c1-10-5-4-8-20(13(10)9-17)16(22)14-11-6-2-3-7-12(11)15(21)19-18-14/h2-3,6-7,10,13H,4-5,8-9,17H2,1H3,(H,19,21). The van der Waals surface area contributed by atoms with Gasteiger partial charge in [0.2, 0.25) is 0 Å². The lowest BCUT2D eigenvalue weighted by Gasteiger charge is -2.39. The van der Waals surface area contributed by atoms with Crippen molar-refractivity contribution >= 4 is 16.7 Å². The molecule has 1 aromatic carbocycles. The number of hydrogen-bond acceptors (Lipinski definition) is 4. The van der Waals surface area contributed by atoms with Crippen LogP contribution in [0, 0.1) is 5.92 Å². The minimum atomic E-state index is -0.283. The van der Waals surface area contributed by atoms with Crippen molar-refractivity contribution in [1.29, 1.82) is 0 Å². The molecule has 0 saturated carbocycles. The topological polar surface area (TPSA) is 92.1 Å². The third-order valence-electron chi connectivity index (χ3n) is 4.52. The summed E-state index contributed by atoms with van der Waals surface area (Å²) in [6, 6.07) is 7.06. The summed E-state index contributed by atoms with van der Waals surface area (Å²) < 4.78 is 0. The molecule has 6 nitrogen and oxygen atoms in total. The van der Waals surface area contributed by atoms with Gasteiger partial charge < -0.3 is 10.6 Å². The van der Waals surface area contributed by atoms with Crippen LogP contribution in [0.2, 0.25) is 0 Å². The molecule has 0 spiro atoms. The first kappa shape index (κ1) is 14.7. The Morgan fingerprint density at radius 3 is 2.86 bits per heavy atom. The van der Waals surface area contributed by atoms with Gasteiger partial charge in [-0.2, -0.15) is 5.10 Å². The fourth-order valence-corrected chi connectivity index (χ4v) is 3.27. The lowest BCUT2D eigenvalue weighted by atomic mass is 9.90. The van der Waals surface area contributed by atoms with E-state index in [0.29, 0.717) is 35.5 Å². The number of rotatable bonds is 2. The smallest absolute Gasteiger partial charge is 0.275 e. The van der Waals surface area contributed by atoms with E-state index in [1.165, 1.54) is 0 Å². The monoisotopic (exact) mass is 300 g/mol. The number of nitrogens with zero attached hydrogens (tertiary/aromatic N) is 2. The molecule has 6 heteroatoms. The molecule has 3 rings (SSSR count). The van der Waals surface area contributed by atoms with E-state index < -0.39 is 0 Å². The minimum Gasteiger partial charge on any atom is -0.333 e. The van der Waals surface area contributed by atoms with Crippen molar-refractivity contribution < 1.29 is 4.79 Å². The quantitative estimate of drug-likeness (QED) is 0.869. The number of nitrogens with two attached hydrogens (primary N) is 1. The summed E-state index contributed by atoms with van der Waals surface area (Å²) >= 11 is 0. The van der Waals surface area contributed by atoms with Crippen molar-refractivity contribution in [2.24, 2.45) is 11.7 Å². The maximum Gasteiger partial charge on any atom is 0.275 e. The number of fused-ring (bicyclic) bond motifs is 1. The van der Waals surface area contributed by atoms with Crippen LogP contribution in [-0.2, 0) is 0 Å². The van der Waals surface area contributed by atoms with E-state index in [0.717, 1.165) is 12.8 Å². The maximum absolute atomic E-state index is 12.9. The number of hydrogen-bond donors (Lipinski definition) is 2. The average Bonchev–Trinajstić information content (AvgIpc) is 2.54. The summed E-state index contributed by atoms with van der Waals surface area (Å²) in [7, 11) is 0. The van der Waals surface area contributed by atoms with Gasteiger partial charge in [0.25, 0.3) is 11.5 Å². The molecule has 0 radical (unpaired) electrons. The summed E-state index contributed by atoms with van der Waals surface area (Å²) in [6.07, 6.45) is 2.04. The molecule has 1 aliphatic heterocycles. The third-order valence-corrected chi connectivity index (χ3v) is 4.52. The van der Waals surface area contributed by atoms with Crippen molar-refractivity contribution in [3.63, 3.8) is 0 Å². The Hall–Kier alpha value is -2.21. The Morgan fingerprint density at radius 2 is 2.14 bits per heavy atom. The van der Waals surface area contributed by atoms with Gasteiger partial charge in [-0.3, -0.25) is 9.59 Å². The van der Waals surface area contributed by atoms with Crippen molar-refractivity contribution in [2.45, 2.75) is 25.8 Å². The van der Waals surface area contributed by atoms with Crippen LogP contribution in [0.3, 0.4) is 0 Å². The number of benzene rings is 1. The SMILES string of the molecule is CC1CCCN(C(=O)c2n[nH]c(=O)c3ccccc23)C1CN. The van der Waals surface area contributed by atoms with E-state index in [9.17, 15) is 9.59 Å². The molecule has 1 saturated heterocycles. The van der Waals surface area contributed by atoms with Crippen LogP contribution in [0.1, 0.15) is 30.3 Å². The molecule has 0 aliphatic carbocycles. The highest BCUT2D eigenvalue weighted by Crippen LogP contribution is 2.25. The lowest BCUT2D eigenvalue weighted by molar-refractivity contribution is 0.0527. The number of aromatic nitrogens is 2. The summed E-state index contributed by atoms with van der Waals surface area (Å²) in [4.78, 5) is 26.6. The molecule has 1 amide bonds. The molecule has 2 atom stereocenters. The highest BCUT2D eigenvalue weighted by molar-refractivity contribution is 6.04. The largest absolute Gasteiger partial charge is 0.333 e. The molecular formula is C16H20N4O2. The second kappa shape index (κ2) is 5.88. The fraction of sp³-hybridized carbons (Fsp3) is 0.438. The third kappa shape index (κ3) is 2.39. The first-order valence-corrected chi connectivity index (χ1v) is 7.62. The fourth-order valence-electron chi connectivity index (χ4n) is 3.27. The Morgan fingerprint density at radius 1 is 1.41 bits per heavy atom. The Kier molecular flexibility index (Phi) is 3.94. The van der Waals surface area contributed by atoms with Crippen LogP contribution in [0.25, 0.3) is 10.8 Å². The summed E-state index contributed by atoms with van der Waals surface area (Å²) in [5.74, 6) is 0.214. The van der Waals surface area contributed by atoms with Gasteiger partial charge >= 0.3 is 0 Å². The zero-order valence-corrected chi connectivity index (χ0v) is 12.6. The van der Waals surface area contributed by atoms with Crippen molar-refractivity contribution in [3.05, 3.63) is 40.3 Å². The molecule has 2 unspecified atom stereocenters. The van der Waals surface area contributed by atoms with E-state index in [1.807, 2.05) is 0 Å².